The number of nitrogens with zero attached hydrogens (tertiary/aromatic N) is 4. The molecule has 0 saturated heterocycles. The summed E-state index contributed by atoms with van der Waals surface area (Å²) in [6.45, 7) is 7.97. The van der Waals surface area contributed by atoms with Crippen LogP contribution in [0.1, 0.15) is 31.4 Å². The molecule has 2 aromatic heterocycles. The molecular weight excluding hydrogens is 190 g/mol. The van der Waals surface area contributed by atoms with Crippen LogP contribution in [-0.4, -0.2) is 19.7 Å². The van der Waals surface area contributed by atoms with Crippen LogP contribution >= 0.6 is 0 Å². The van der Waals surface area contributed by atoms with Gasteiger partial charge in [0.25, 0.3) is 0 Å². The lowest BCUT2D eigenvalue weighted by molar-refractivity contribution is 0.593. The third-order valence-electron chi connectivity index (χ3n) is 2.52. The van der Waals surface area contributed by atoms with Crippen LogP contribution in [0.4, 0.5) is 5.69 Å². The number of aromatic nitrogens is 4. The number of anilines is 1. The van der Waals surface area contributed by atoms with Gasteiger partial charge in [0.1, 0.15) is 11.3 Å². The molecule has 2 rings (SSSR count). The SMILES string of the molecule is Cc1nnc2c(nc(C)n2C(C)C)c1N. The molecule has 15 heavy (non-hydrogen) atoms. The van der Waals surface area contributed by atoms with E-state index in [9.17, 15) is 0 Å². The minimum atomic E-state index is 0.311. The maximum atomic E-state index is 5.92. The van der Waals surface area contributed by atoms with Gasteiger partial charge in [0.05, 0.1) is 11.4 Å². The van der Waals surface area contributed by atoms with Gasteiger partial charge < -0.3 is 10.3 Å². The number of hydrogen-bond donors (Lipinski definition) is 1. The summed E-state index contributed by atoms with van der Waals surface area (Å²) in [7, 11) is 0. The zero-order valence-electron chi connectivity index (χ0n) is 9.44. The third kappa shape index (κ3) is 1.35. The molecule has 0 saturated carbocycles. The molecule has 2 heterocycles. The van der Waals surface area contributed by atoms with Gasteiger partial charge in [0.2, 0.25) is 0 Å². The summed E-state index contributed by atoms with van der Waals surface area (Å²) in [4.78, 5) is 4.43. The van der Waals surface area contributed by atoms with Gasteiger partial charge >= 0.3 is 0 Å². The van der Waals surface area contributed by atoms with Crippen LogP contribution in [0.5, 0.6) is 0 Å². The molecule has 0 aromatic carbocycles. The van der Waals surface area contributed by atoms with E-state index in [1.54, 1.807) is 0 Å². The van der Waals surface area contributed by atoms with E-state index in [-0.39, 0.29) is 0 Å². The number of fused-ring (bicyclic) bond motifs is 1. The Bertz CT molecular complexity index is 512. The van der Waals surface area contributed by atoms with Crippen molar-refractivity contribution >= 4 is 16.9 Å². The predicted octanol–water partition coefficient (Wildman–Crippen LogP) is 1.61. The van der Waals surface area contributed by atoms with E-state index >= 15 is 0 Å². The summed E-state index contributed by atoms with van der Waals surface area (Å²) in [5, 5.41) is 8.18. The Morgan fingerprint density at radius 3 is 2.47 bits per heavy atom. The van der Waals surface area contributed by atoms with Crippen LogP contribution < -0.4 is 5.73 Å². The standard InChI is InChI=1S/C10H15N5/c1-5(2)15-7(4)12-9-8(11)6(3)13-14-10(9)15/h5H,1-4H3,(H2,11,14). The monoisotopic (exact) mass is 205 g/mol. The van der Waals surface area contributed by atoms with Crippen LogP contribution in [0.2, 0.25) is 0 Å². The van der Waals surface area contributed by atoms with Gasteiger partial charge in [-0.1, -0.05) is 0 Å². The number of imidazole rings is 1. The molecule has 0 atom stereocenters. The number of aryl methyl sites for hydroxylation is 2. The predicted molar refractivity (Wildman–Crippen MR) is 59.6 cm³/mol. The maximum Gasteiger partial charge on any atom is 0.185 e. The lowest BCUT2D eigenvalue weighted by Crippen LogP contribution is -2.05. The van der Waals surface area contributed by atoms with Gasteiger partial charge in [-0.15, -0.1) is 5.10 Å². The van der Waals surface area contributed by atoms with Gasteiger partial charge in [-0.25, -0.2) is 4.98 Å². The summed E-state index contributed by atoms with van der Waals surface area (Å²) in [6.07, 6.45) is 0. The fourth-order valence-corrected chi connectivity index (χ4v) is 1.78. The van der Waals surface area contributed by atoms with E-state index in [1.165, 1.54) is 0 Å². The molecule has 0 radical (unpaired) electrons. The summed E-state index contributed by atoms with van der Waals surface area (Å²) < 4.78 is 2.04. The van der Waals surface area contributed by atoms with Crippen molar-refractivity contribution in [1.82, 2.24) is 19.7 Å². The number of nitrogens with two attached hydrogens (primary N) is 1. The maximum absolute atomic E-state index is 5.92. The molecule has 0 fully saturated rings. The summed E-state index contributed by atoms with van der Waals surface area (Å²) >= 11 is 0. The molecule has 80 valence electrons. The normalized spacial score (nSPS) is 11.5. The Morgan fingerprint density at radius 2 is 1.87 bits per heavy atom. The Morgan fingerprint density at radius 1 is 1.20 bits per heavy atom. The second-order valence-corrected chi connectivity index (χ2v) is 3.99. The van der Waals surface area contributed by atoms with Crippen molar-refractivity contribution in [2.24, 2.45) is 0 Å². The average molecular weight is 205 g/mol. The Labute approximate surface area is 88.3 Å². The zero-order chi connectivity index (χ0) is 11.2. The van der Waals surface area contributed by atoms with E-state index in [0.717, 1.165) is 22.7 Å². The molecule has 0 bridgehead atoms. The second kappa shape index (κ2) is 3.18. The second-order valence-electron chi connectivity index (χ2n) is 3.99. The minimum Gasteiger partial charge on any atom is -0.395 e. The highest BCUT2D eigenvalue weighted by atomic mass is 15.2. The van der Waals surface area contributed by atoms with Crippen molar-refractivity contribution in [1.29, 1.82) is 0 Å². The van der Waals surface area contributed by atoms with Gasteiger partial charge in [-0.05, 0) is 27.7 Å². The van der Waals surface area contributed by atoms with E-state index in [4.69, 9.17) is 5.73 Å². The summed E-state index contributed by atoms with van der Waals surface area (Å²) in [5.41, 5.74) is 8.81. The van der Waals surface area contributed by atoms with E-state index in [1.807, 2.05) is 18.4 Å². The van der Waals surface area contributed by atoms with Crippen molar-refractivity contribution in [3.05, 3.63) is 11.5 Å². The Kier molecular flexibility index (Phi) is 2.10. The van der Waals surface area contributed by atoms with Crippen molar-refractivity contribution in [3.8, 4) is 0 Å². The molecule has 0 spiro atoms. The first kappa shape index (κ1) is 9.89. The first-order valence-corrected chi connectivity index (χ1v) is 4.99. The largest absolute Gasteiger partial charge is 0.395 e. The van der Waals surface area contributed by atoms with Gasteiger partial charge in [-0.2, -0.15) is 5.10 Å². The molecule has 5 nitrogen and oxygen atoms in total. The van der Waals surface area contributed by atoms with Crippen LogP contribution in [0.25, 0.3) is 11.2 Å². The van der Waals surface area contributed by atoms with Gasteiger partial charge in [0, 0.05) is 6.04 Å². The Balaban J connectivity index is 2.85. The van der Waals surface area contributed by atoms with Gasteiger partial charge in [-0.3, -0.25) is 0 Å². The lowest BCUT2D eigenvalue weighted by Gasteiger charge is -2.09. The quantitative estimate of drug-likeness (QED) is 0.767. The smallest absolute Gasteiger partial charge is 0.185 e. The van der Waals surface area contributed by atoms with Crippen molar-refractivity contribution in [2.75, 3.05) is 5.73 Å². The molecule has 0 unspecified atom stereocenters. The van der Waals surface area contributed by atoms with Crippen LogP contribution in [-0.2, 0) is 0 Å². The zero-order valence-corrected chi connectivity index (χ0v) is 9.44. The van der Waals surface area contributed by atoms with E-state index < -0.39 is 0 Å². The van der Waals surface area contributed by atoms with Crippen LogP contribution in [0, 0.1) is 13.8 Å². The number of rotatable bonds is 1. The topological polar surface area (TPSA) is 69.6 Å². The van der Waals surface area contributed by atoms with Crippen LogP contribution in [0.15, 0.2) is 0 Å². The summed E-state index contributed by atoms with van der Waals surface area (Å²) in [6, 6.07) is 0.311. The Hall–Kier alpha value is -1.65. The van der Waals surface area contributed by atoms with Gasteiger partial charge in [0.15, 0.2) is 5.65 Å². The highest BCUT2D eigenvalue weighted by molar-refractivity contribution is 5.85. The molecule has 0 aliphatic carbocycles. The van der Waals surface area contributed by atoms with E-state index in [2.05, 4.69) is 29.0 Å². The van der Waals surface area contributed by atoms with Crippen LogP contribution in [0.3, 0.4) is 0 Å². The third-order valence-corrected chi connectivity index (χ3v) is 2.52. The molecule has 2 N–H and O–H groups in total. The molecule has 0 amide bonds. The fourth-order valence-electron chi connectivity index (χ4n) is 1.78. The van der Waals surface area contributed by atoms with Crippen molar-refractivity contribution in [3.63, 3.8) is 0 Å². The molecular formula is C10H15N5. The first-order valence-electron chi connectivity index (χ1n) is 4.99. The first-order chi connectivity index (χ1) is 7.02. The highest BCUT2D eigenvalue weighted by Crippen LogP contribution is 2.23. The van der Waals surface area contributed by atoms with Crippen molar-refractivity contribution < 1.29 is 0 Å². The summed E-state index contributed by atoms with van der Waals surface area (Å²) in [5.74, 6) is 0.923. The minimum absolute atomic E-state index is 0.311. The molecule has 2 aromatic rings. The van der Waals surface area contributed by atoms with Crippen molar-refractivity contribution in [2.45, 2.75) is 33.7 Å². The lowest BCUT2D eigenvalue weighted by atomic mass is 10.3. The average Bonchev–Trinajstić information content (AvgIpc) is 2.49. The van der Waals surface area contributed by atoms with E-state index in [0.29, 0.717) is 11.7 Å². The molecule has 5 heteroatoms. The highest BCUT2D eigenvalue weighted by Gasteiger charge is 2.15. The number of hydrogen-bond acceptors (Lipinski definition) is 4. The fraction of sp³-hybridized carbons (Fsp3) is 0.500. The molecule has 0 aliphatic heterocycles. The number of nitrogen functional groups attached to an aromatic ring is 1. The molecule has 0 aliphatic rings.